The molecule has 0 saturated carbocycles. The van der Waals surface area contributed by atoms with Gasteiger partial charge in [-0.05, 0) is 25.0 Å². The summed E-state index contributed by atoms with van der Waals surface area (Å²) in [5, 5.41) is 5.35. The molecule has 0 aliphatic rings. The van der Waals surface area contributed by atoms with Crippen molar-refractivity contribution < 1.29 is 14.0 Å². The summed E-state index contributed by atoms with van der Waals surface area (Å²) in [5.41, 5.74) is 5.14. The maximum atomic E-state index is 13.4. The van der Waals surface area contributed by atoms with E-state index >= 15 is 0 Å². The molecule has 0 radical (unpaired) electrons. The quantitative estimate of drug-likeness (QED) is 0.629. The van der Waals surface area contributed by atoms with E-state index in [1.54, 1.807) is 6.07 Å². The lowest BCUT2D eigenvalue weighted by molar-refractivity contribution is -0.130. The second-order valence-corrected chi connectivity index (χ2v) is 5.18. The van der Waals surface area contributed by atoms with Gasteiger partial charge in [-0.2, -0.15) is 0 Å². The van der Waals surface area contributed by atoms with E-state index in [4.69, 9.17) is 5.73 Å². The molecule has 130 valence electrons. The van der Waals surface area contributed by atoms with Crippen LogP contribution in [0.4, 0.5) is 4.39 Å². The van der Waals surface area contributed by atoms with Crippen molar-refractivity contribution in [3.05, 3.63) is 35.6 Å². The number of rotatable bonds is 8. The van der Waals surface area contributed by atoms with Gasteiger partial charge in [0.15, 0.2) is 0 Å². The fourth-order valence-electron chi connectivity index (χ4n) is 2.23. The van der Waals surface area contributed by atoms with Crippen LogP contribution in [0.5, 0.6) is 0 Å². The van der Waals surface area contributed by atoms with E-state index in [1.807, 2.05) is 13.8 Å². The fourth-order valence-corrected chi connectivity index (χ4v) is 2.23. The van der Waals surface area contributed by atoms with E-state index in [2.05, 4.69) is 10.6 Å². The maximum Gasteiger partial charge on any atom is 0.254 e. The number of hydrogen-bond donors (Lipinski definition) is 3. The predicted octanol–water partition coefficient (Wildman–Crippen LogP) is 1.86. The molecule has 0 unspecified atom stereocenters. The zero-order chi connectivity index (χ0) is 16.6. The topological polar surface area (TPSA) is 84.2 Å². The molecule has 1 aromatic carbocycles. The first kappa shape index (κ1) is 21.3. The monoisotopic (exact) mass is 345 g/mol. The zero-order valence-electron chi connectivity index (χ0n) is 13.5. The van der Waals surface area contributed by atoms with Crippen molar-refractivity contribution in [2.75, 3.05) is 19.6 Å². The molecule has 0 bridgehead atoms. The lowest BCUT2D eigenvalue weighted by atomic mass is 9.81. The Kier molecular flexibility index (Phi) is 9.44. The van der Waals surface area contributed by atoms with Crippen molar-refractivity contribution in [2.45, 2.75) is 26.7 Å². The number of nitrogens with one attached hydrogen (secondary N) is 2. The molecular weight excluding hydrogens is 321 g/mol. The van der Waals surface area contributed by atoms with Gasteiger partial charge in [-0.3, -0.25) is 9.59 Å². The number of carbonyl (C=O) groups excluding carboxylic acids is 2. The Morgan fingerprint density at radius 3 is 2.22 bits per heavy atom. The van der Waals surface area contributed by atoms with E-state index in [9.17, 15) is 14.0 Å². The Morgan fingerprint density at radius 1 is 1.13 bits per heavy atom. The minimum atomic E-state index is -0.567. The second kappa shape index (κ2) is 10.2. The second-order valence-electron chi connectivity index (χ2n) is 5.18. The third-order valence-electron chi connectivity index (χ3n) is 4.04. The van der Waals surface area contributed by atoms with E-state index in [-0.39, 0.29) is 43.5 Å². The van der Waals surface area contributed by atoms with Crippen molar-refractivity contribution in [1.29, 1.82) is 0 Å². The van der Waals surface area contributed by atoms with Crippen LogP contribution in [0.3, 0.4) is 0 Å². The molecule has 0 heterocycles. The molecule has 0 fully saturated rings. The van der Waals surface area contributed by atoms with Gasteiger partial charge in [-0.25, -0.2) is 4.39 Å². The highest BCUT2D eigenvalue weighted by Crippen LogP contribution is 2.24. The number of carbonyl (C=O) groups is 2. The summed E-state index contributed by atoms with van der Waals surface area (Å²) in [6, 6.07) is 5.76. The summed E-state index contributed by atoms with van der Waals surface area (Å²) in [5.74, 6) is -1.17. The van der Waals surface area contributed by atoms with Gasteiger partial charge in [-0.15, -0.1) is 12.4 Å². The highest BCUT2D eigenvalue weighted by molar-refractivity contribution is 5.94. The summed E-state index contributed by atoms with van der Waals surface area (Å²) >= 11 is 0. The molecule has 1 aromatic rings. The van der Waals surface area contributed by atoms with Crippen molar-refractivity contribution in [2.24, 2.45) is 11.1 Å². The first-order valence-electron chi connectivity index (χ1n) is 7.51. The van der Waals surface area contributed by atoms with E-state index < -0.39 is 17.1 Å². The Balaban J connectivity index is 0.00000484. The Hall–Kier alpha value is -1.66. The van der Waals surface area contributed by atoms with Crippen LogP contribution in [0.25, 0.3) is 0 Å². The van der Waals surface area contributed by atoms with E-state index in [0.29, 0.717) is 12.8 Å². The van der Waals surface area contributed by atoms with Crippen molar-refractivity contribution in [3.8, 4) is 0 Å². The molecule has 0 aliphatic carbocycles. The van der Waals surface area contributed by atoms with Gasteiger partial charge >= 0.3 is 0 Å². The number of halogens is 2. The molecule has 23 heavy (non-hydrogen) atoms. The molecule has 5 nitrogen and oxygen atoms in total. The molecule has 0 aliphatic heterocycles. The van der Waals surface area contributed by atoms with Crippen LogP contribution in [-0.4, -0.2) is 31.4 Å². The summed E-state index contributed by atoms with van der Waals surface area (Å²) in [6.07, 6.45) is 1.32. The molecule has 1 rings (SSSR count). The summed E-state index contributed by atoms with van der Waals surface area (Å²) < 4.78 is 13.4. The largest absolute Gasteiger partial charge is 0.354 e. The first-order valence-corrected chi connectivity index (χ1v) is 7.51. The minimum Gasteiger partial charge on any atom is -0.354 e. The molecule has 0 saturated heterocycles. The van der Waals surface area contributed by atoms with Crippen LogP contribution in [0.15, 0.2) is 24.3 Å². The van der Waals surface area contributed by atoms with Crippen LogP contribution in [0, 0.1) is 11.2 Å². The van der Waals surface area contributed by atoms with E-state index in [1.165, 1.54) is 18.2 Å². The van der Waals surface area contributed by atoms with Crippen molar-refractivity contribution in [3.63, 3.8) is 0 Å². The molecule has 0 spiro atoms. The van der Waals surface area contributed by atoms with Gasteiger partial charge in [0.1, 0.15) is 5.82 Å². The summed E-state index contributed by atoms with van der Waals surface area (Å²) in [4.78, 5) is 24.0. The lowest BCUT2D eigenvalue weighted by Gasteiger charge is -2.28. The molecule has 0 aromatic heterocycles. The molecule has 0 atom stereocenters. The Morgan fingerprint density at radius 2 is 1.70 bits per heavy atom. The van der Waals surface area contributed by atoms with Crippen LogP contribution in [0.2, 0.25) is 0 Å². The first-order chi connectivity index (χ1) is 10.5. The Bertz CT molecular complexity index is 514. The smallest absolute Gasteiger partial charge is 0.254 e. The third-order valence-corrected chi connectivity index (χ3v) is 4.04. The van der Waals surface area contributed by atoms with Crippen LogP contribution in [0.1, 0.15) is 37.0 Å². The Labute approximate surface area is 142 Å². The maximum absolute atomic E-state index is 13.4. The van der Waals surface area contributed by atoms with Gasteiger partial charge in [0.2, 0.25) is 5.91 Å². The van der Waals surface area contributed by atoms with Gasteiger partial charge in [0, 0.05) is 19.6 Å². The number of benzene rings is 1. The summed E-state index contributed by atoms with van der Waals surface area (Å²) in [7, 11) is 0. The lowest BCUT2D eigenvalue weighted by Crippen LogP contribution is -2.47. The average molecular weight is 346 g/mol. The van der Waals surface area contributed by atoms with Gasteiger partial charge < -0.3 is 16.4 Å². The minimum absolute atomic E-state index is 0. The highest BCUT2D eigenvalue weighted by atomic mass is 35.5. The van der Waals surface area contributed by atoms with Gasteiger partial charge in [-0.1, -0.05) is 26.0 Å². The average Bonchev–Trinajstić information content (AvgIpc) is 2.54. The normalized spacial score (nSPS) is 10.6. The van der Waals surface area contributed by atoms with Crippen molar-refractivity contribution in [1.82, 2.24) is 10.6 Å². The molecule has 7 heteroatoms. The van der Waals surface area contributed by atoms with Crippen molar-refractivity contribution >= 4 is 24.2 Å². The zero-order valence-corrected chi connectivity index (χ0v) is 14.3. The van der Waals surface area contributed by atoms with Gasteiger partial charge in [0.25, 0.3) is 5.91 Å². The van der Waals surface area contributed by atoms with Crippen LogP contribution in [-0.2, 0) is 4.79 Å². The summed E-state index contributed by atoms with van der Waals surface area (Å²) in [6.45, 7) is 4.65. The highest BCUT2D eigenvalue weighted by Gasteiger charge is 2.32. The number of nitrogens with two attached hydrogens (primary N) is 1. The number of hydrogen-bond acceptors (Lipinski definition) is 3. The van der Waals surface area contributed by atoms with Crippen LogP contribution >= 0.6 is 12.4 Å². The molecular formula is C16H25ClFN3O2. The predicted molar refractivity (Wildman–Crippen MR) is 91.1 cm³/mol. The molecule has 4 N–H and O–H groups in total. The van der Waals surface area contributed by atoms with E-state index in [0.717, 1.165) is 0 Å². The fraction of sp³-hybridized carbons (Fsp3) is 0.500. The number of amides is 2. The SMILES string of the molecule is CCC(CC)(CN)C(=O)NCCNC(=O)c1ccccc1F.Cl. The molecule has 2 amide bonds. The van der Waals surface area contributed by atoms with Gasteiger partial charge in [0.05, 0.1) is 11.0 Å². The van der Waals surface area contributed by atoms with Crippen LogP contribution < -0.4 is 16.4 Å². The third kappa shape index (κ3) is 5.48. The standard InChI is InChI=1S/C16H24FN3O2.ClH/c1-3-16(4-2,11-18)15(22)20-10-9-19-14(21)12-7-5-6-8-13(12)17;/h5-8H,3-4,9-11,18H2,1-2H3,(H,19,21)(H,20,22);1H.